The maximum absolute atomic E-state index is 8.62. The Morgan fingerprint density at radius 3 is 1.81 bits per heavy atom. The second-order valence-corrected chi connectivity index (χ2v) is 2.69. The first-order valence-electron chi connectivity index (χ1n) is 4.13. The van der Waals surface area contributed by atoms with Gasteiger partial charge in [-0.2, -0.15) is 21.0 Å². The normalized spacial score (nSPS) is 7.75. The second kappa shape index (κ2) is 4.97. The Bertz CT molecular complexity index is 581. The molecule has 0 aliphatic heterocycles. The van der Waals surface area contributed by atoms with E-state index < -0.39 is 0 Å². The van der Waals surface area contributed by atoms with E-state index in [9.17, 15) is 0 Å². The number of nitriles is 4. The Morgan fingerprint density at radius 1 is 0.875 bits per heavy atom. The smallest absolute Gasteiger partial charge is 0.137 e. The van der Waals surface area contributed by atoms with E-state index in [0.29, 0.717) is 10.4 Å². The summed E-state index contributed by atoms with van der Waals surface area (Å²) in [4.78, 5) is 0. The maximum atomic E-state index is 8.62. The first-order chi connectivity index (χ1) is 7.76. The van der Waals surface area contributed by atoms with Crippen LogP contribution in [0.25, 0.3) is 11.1 Å². The molecule has 0 saturated heterocycles. The Morgan fingerprint density at radius 2 is 1.44 bits per heavy atom. The Balaban J connectivity index is 3.58. The molecule has 0 heterocycles. The van der Waals surface area contributed by atoms with Crippen LogP contribution in [0, 0.1) is 51.4 Å². The molecule has 0 unspecified atom stereocenters. The van der Waals surface area contributed by atoms with Gasteiger partial charge in [-0.3, -0.25) is 0 Å². The van der Waals surface area contributed by atoms with Gasteiger partial charge in [-0.05, 0) is 12.1 Å². The molecule has 16 heavy (non-hydrogen) atoms. The zero-order chi connectivity index (χ0) is 12.0. The van der Waals surface area contributed by atoms with Gasteiger partial charge in [0.25, 0.3) is 0 Å². The van der Waals surface area contributed by atoms with Gasteiger partial charge < -0.3 is 0 Å². The minimum atomic E-state index is -0.0537. The zero-order valence-electron chi connectivity index (χ0n) is 8.02. The third kappa shape index (κ3) is 2.05. The number of hydrogen-bond acceptors (Lipinski definition) is 4. The van der Waals surface area contributed by atoms with Crippen LogP contribution < -0.4 is 10.4 Å². The molecule has 0 amide bonds. The van der Waals surface area contributed by atoms with Gasteiger partial charge in [-0.1, -0.05) is 12.1 Å². The van der Waals surface area contributed by atoms with Crippen molar-refractivity contribution in [3.05, 3.63) is 34.7 Å². The van der Waals surface area contributed by atoms with Gasteiger partial charge in [-0.15, -0.1) is 0 Å². The SMILES string of the molecule is N#CC(C#N)=c1[c]cc(=C(C#N)C#N)cc1. The average Bonchev–Trinajstić information content (AvgIpc) is 2.34. The molecular formula is C12H3N4. The molecule has 0 N–H and O–H groups in total. The van der Waals surface area contributed by atoms with E-state index in [0.717, 1.165) is 0 Å². The molecule has 1 aromatic rings. The van der Waals surface area contributed by atoms with Gasteiger partial charge in [0.05, 0.1) is 0 Å². The highest BCUT2D eigenvalue weighted by molar-refractivity contribution is 5.74. The van der Waals surface area contributed by atoms with Gasteiger partial charge >= 0.3 is 0 Å². The topological polar surface area (TPSA) is 95.2 Å². The summed E-state index contributed by atoms with van der Waals surface area (Å²) in [6.07, 6.45) is 0. The van der Waals surface area contributed by atoms with Crippen LogP contribution in [0.5, 0.6) is 0 Å². The van der Waals surface area contributed by atoms with Crippen molar-refractivity contribution in [1.29, 1.82) is 21.0 Å². The fourth-order valence-corrected chi connectivity index (χ4v) is 1.04. The van der Waals surface area contributed by atoms with E-state index in [1.807, 2.05) is 0 Å². The van der Waals surface area contributed by atoms with Gasteiger partial charge in [0.2, 0.25) is 0 Å². The van der Waals surface area contributed by atoms with Gasteiger partial charge in [0.15, 0.2) is 0 Å². The summed E-state index contributed by atoms with van der Waals surface area (Å²) < 4.78 is 0. The fraction of sp³-hybridized carbons (Fsp3) is 0. The molecule has 0 bridgehead atoms. The fourth-order valence-electron chi connectivity index (χ4n) is 1.04. The molecule has 0 saturated carbocycles. The molecule has 0 fully saturated rings. The molecule has 4 heteroatoms. The molecule has 4 nitrogen and oxygen atoms in total. The summed E-state index contributed by atoms with van der Waals surface area (Å²) >= 11 is 0. The summed E-state index contributed by atoms with van der Waals surface area (Å²) in [5.74, 6) is 0. The predicted octanol–water partition coefficient (Wildman–Crippen LogP) is -0.117. The summed E-state index contributed by atoms with van der Waals surface area (Å²) in [5, 5.41) is 35.2. The molecule has 1 rings (SSSR count). The zero-order valence-corrected chi connectivity index (χ0v) is 8.02. The lowest BCUT2D eigenvalue weighted by Crippen LogP contribution is -2.11. The number of rotatable bonds is 0. The standard InChI is InChI=1S/C12H3N4/c13-5-11(6-14)9-1-2-10(4-3-9)12(7-15)8-16/h1-3H. The van der Waals surface area contributed by atoms with E-state index in [2.05, 4.69) is 6.07 Å². The van der Waals surface area contributed by atoms with Gasteiger partial charge in [0, 0.05) is 10.4 Å². The van der Waals surface area contributed by atoms with Crippen LogP contribution in [0.2, 0.25) is 0 Å². The number of nitrogens with zero attached hydrogens (tertiary/aromatic N) is 4. The third-order valence-electron chi connectivity index (χ3n) is 1.82. The van der Waals surface area contributed by atoms with Crippen LogP contribution in [0.15, 0.2) is 18.2 Å². The van der Waals surface area contributed by atoms with Crippen molar-refractivity contribution in [2.45, 2.75) is 0 Å². The summed E-state index contributed by atoms with van der Waals surface area (Å²) in [6.45, 7) is 0. The van der Waals surface area contributed by atoms with E-state index in [4.69, 9.17) is 21.0 Å². The molecule has 0 aromatic heterocycles. The highest BCUT2D eigenvalue weighted by atomic mass is 14.3. The molecule has 0 atom stereocenters. The van der Waals surface area contributed by atoms with Crippen molar-refractivity contribution in [2.75, 3.05) is 0 Å². The monoisotopic (exact) mass is 203 g/mol. The first-order valence-corrected chi connectivity index (χ1v) is 4.13. The lowest BCUT2D eigenvalue weighted by Gasteiger charge is -1.87. The Hall–Kier alpha value is -3.08. The van der Waals surface area contributed by atoms with Crippen LogP contribution in [0.4, 0.5) is 0 Å². The quantitative estimate of drug-likeness (QED) is 0.587. The van der Waals surface area contributed by atoms with E-state index >= 15 is 0 Å². The van der Waals surface area contributed by atoms with Crippen LogP contribution in [0.1, 0.15) is 0 Å². The van der Waals surface area contributed by atoms with Crippen LogP contribution in [0.3, 0.4) is 0 Å². The van der Waals surface area contributed by atoms with Crippen LogP contribution >= 0.6 is 0 Å². The minimum absolute atomic E-state index is 0.0294. The average molecular weight is 203 g/mol. The maximum Gasteiger partial charge on any atom is 0.137 e. The van der Waals surface area contributed by atoms with Gasteiger partial charge in [-0.25, -0.2) is 0 Å². The van der Waals surface area contributed by atoms with Crippen molar-refractivity contribution in [3.63, 3.8) is 0 Å². The molecule has 1 radical (unpaired) electrons. The van der Waals surface area contributed by atoms with Crippen molar-refractivity contribution >= 4 is 11.1 Å². The highest BCUT2D eigenvalue weighted by Crippen LogP contribution is 1.87. The predicted molar refractivity (Wildman–Crippen MR) is 53.8 cm³/mol. The molecule has 71 valence electrons. The van der Waals surface area contributed by atoms with Crippen molar-refractivity contribution in [2.24, 2.45) is 0 Å². The summed E-state index contributed by atoms with van der Waals surface area (Å²) in [6, 6.07) is 14.0. The van der Waals surface area contributed by atoms with Crippen molar-refractivity contribution in [3.8, 4) is 24.3 Å². The van der Waals surface area contributed by atoms with Crippen LogP contribution in [-0.4, -0.2) is 0 Å². The Kier molecular flexibility index (Phi) is 3.41. The highest BCUT2D eigenvalue weighted by Gasteiger charge is 1.96. The van der Waals surface area contributed by atoms with Crippen molar-refractivity contribution in [1.82, 2.24) is 0 Å². The van der Waals surface area contributed by atoms with E-state index in [1.165, 1.54) is 18.2 Å². The van der Waals surface area contributed by atoms with Crippen LogP contribution in [-0.2, 0) is 0 Å². The molecule has 0 aliphatic rings. The summed E-state index contributed by atoms with van der Waals surface area (Å²) in [7, 11) is 0. The molecule has 0 aliphatic carbocycles. The van der Waals surface area contributed by atoms with E-state index in [1.54, 1.807) is 24.3 Å². The summed E-state index contributed by atoms with van der Waals surface area (Å²) in [5.41, 5.74) is -0.0831. The second-order valence-electron chi connectivity index (χ2n) is 2.69. The lowest BCUT2D eigenvalue weighted by molar-refractivity contribution is 1.45. The minimum Gasteiger partial charge on any atom is -0.192 e. The van der Waals surface area contributed by atoms with Gasteiger partial charge in [0.1, 0.15) is 35.4 Å². The largest absolute Gasteiger partial charge is 0.192 e. The number of benzene rings is 1. The van der Waals surface area contributed by atoms with E-state index in [-0.39, 0.29) is 11.1 Å². The molecular weight excluding hydrogens is 200 g/mol. The lowest BCUT2D eigenvalue weighted by atomic mass is 10.1. The molecule has 0 spiro atoms. The Labute approximate surface area is 91.8 Å². The first kappa shape index (κ1) is 11.0. The number of hydrogen-bond donors (Lipinski definition) is 0. The third-order valence-corrected chi connectivity index (χ3v) is 1.82. The van der Waals surface area contributed by atoms with Crippen molar-refractivity contribution < 1.29 is 0 Å². The molecule has 1 aromatic carbocycles.